The van der Waals surface area contributed by atoms with Crippen LogP contribution in [0.2, 0.25) is 0 Å². The topological polar surface area (TPSA) is 124 Å². The van der Waals surface area contributed by atoms with Gasteiger partial charge >= 0.3 is 0 Å². The summed E-state index contributed by atoms with van der Waals surface area (Å²) in [7, 11) is 1.48. The number of hydrazone groups is 1. The molecule has 2 N–H and O–H groups in total. The van der Waals surface area contributed by atoms with E-state index in [2.05, 4.69) is 20.9 Å². The van der Waals surface area contributed by atoms with Gasteiger partial charge in [-0.15, -0.1) is 0 Å². The second kappa shape index (κ2) is 10.9. The van der Waals surface area contributed by atoms with Crippen LogP contribution in [-0.4, -0.2) is 48.1 Å². The number of aromatic nitrogens is 2. The van der Waals surface area contributed by atoms with E-state index in [1.807, 2.05) is 6.92 Å². The van der Waals surface area contributed by atoms with E-state index in [0.717, 1.165) is 0 Å². The number of methoxy groups -OCH3 is 1. The SMILES string of the molecule is CCNC(=O)COc1ccc(/C=N/NC(=O)c2nn(CC)c(=O)c3ccccc23)cc1OC. The summed E-state index contributed by atoms with van der Waals surface area (Å²) in [5, 5.41) is 11.7. The third-order valence-corrected chi connectivity index (χ3v) is 4.68. The van der Waals surface area contributed by atoms with Crippen molar-refractivity contribution >= 4 is 28.8 Å². The standard InChI is InChI=1S/C23H25N5O5/c1-4-24-20(29)14-33-18-11-10-15(12-19(18)32-3)13-25-26-22(30)21-16-8-6-7-9-17(16)23(31)28(5-2)27-21/h6-13H,4-5,14H2,1-3H3,(H,24,29)(H,26,30)/b25-13+. The number of hydrogen-bond acceptors (Lipinski definition) is 7. The number of hydrogen-bond donors (Lipinski definition) is 2. The van der Waals surface area contributed by atoms with Gasteiger partial charge in [-0.05, 0) is 43.7 Å². The van der Waals surface area contributed by atoms with Crippen LogP contribution < -0.4 is 25.8 Å². The van der Waals surface area contributed by atoms with Crippen LogP contribution in [0, 0.1) is 0 Å². The molecule has 0 fully saturated rings. The fourth-order valence-electron chi connectivity index (χ4n) is 3.11. The molecule has 2 amide bonds. The lowest BCUT2D eigenvalue weighted by Gasteiger charge is -2.11. The van der Waals surface area contributed by atoms with Crippen molar-refractivity contribution in [3.05, 3.63) is 64.1 Å². The molecule has 0 aliphatic heterocycles. The minimum Gasteiger partial charge on any atom is -0.493 e. The maximum atomic E-state index is 12.7. The lowest BCUT2D eigenvalue weighted by Crippen LogP contribution is -2.28. The highest BCUT2D eigenvalue weighted by atomic mass is 16.5. The third-order valence-electron chi connectivity index (χ3n) is 4.68. The van der Waals surface area contributed by atoms with Crippen LogP contribution in [0.3, 0.4) is 0 Å². The average Bonchev–Trinajstić information content (AvgIpc) is 2.83. The van der Waals surface area contributed by atoms with Gasteiger partial charge in [0.2, 0.25) is 0 Å². The number of rotatable bonds is 9. The number of nitrogens with zero attached hydrogens (tertiary/aromatic N) is 3. The second-order valence-electron chi connectivity index (χ2n) is 6.87. The Morgan fingerprint density at radius 2 is 1.88 bits per heavy atom. The van der Waals surface area contributed by atoms with Crippen molar-refractivity contribution in [1.29, 1.82) is 0 Å². The van der Waals surface area contributed by atoms with Gasteiger partial charge in [-0.3, -0.25) is 14.4 Å². The lowest BCUT2D eigenvalue weighted by atomic mass is 10.1. The highest BCUT2D eigenvalue weighted by molar-refractivity contribution is 6.05. The normalized spacial score (nSPS) is 10.9. The first-order chi connectivity index (χ1) is 16.0. The number of fused-ring (bicyclic) bond motifs is 1. The monoisotopic (exact) mass is 451 g/mol. The van der Waals surface area contributed by atoms with E-state index in [4.69, 9.17) is 9.47 Å². The summed E-state index contributed by atoms with van der Waals surface area (Å²) in [5.74, 6) is 0.0432. The molecule has 0 bridgehead atoms. The smallest absolute Gasteiger partial charge is 0.292 e. The van der Waals surface area contributed by atoms with Crippen LogP contribution in [0.15, 0.2) is 52.4 Å². The highest BCUT2D eigenvalue weighted by Crippen LogP contribution is 2.27. The zero-order chi connectivity index (χ0) is 23.8. The average molecular weight is 451 g/mol. The van der Waals surface area contributed by atoms with E-state index >= 15 is 0 Å². The minimum absolute atomic E-state index is 0.107. The van der Waals surface area contributed by atoms with Crippen molar-refractivity contribution in [3.63, 3.8) is 0 Å². The zero-order valence-corrected chi connectivity index (χ0v) is 18.6. The molecule has 0 aliphatic carbocycles. The van der Waals surface area contributed by atoms with Crippen molar-refractivity contribution in [2.24, 2.45) is 5.10 Å². The zero-order valence-electron chi connectivity index (χ0n) is 18.6. The van der Waals surface area contributed by atoms with Crippen LogP contribution in [-0.2, 0) is 11.3 Å². The number of carbonyl (C=O) groups excluding carboxylic acids is 2. The van der Waals surface area contributed by atoms with E-state index < -0.39 is 5.91 Å². The van der Waals surface area contributed by atoms with E-state index in [0.29, 0.717) is 40.9 Å². The molecule has 0 aliphatic rings. The molecule has 0 saturated carbocycles. The number of ether oxygens (including phenoxy) is 2. The molecule has 2 aromatic carbocycles. The first-order valence-corrected chi connectivity index (χ1v) is 10.4. The molecule has 0 atom stereocenters. The van der Waals surface area contributed by atoms with Gasteiger partial charge in [0.25, 0.3) is 17.4 Å². The van der Waals surface area contributed by atoms with Gasteiger partial charge < -0.3 is 14.8 Å². The van der Waals surface area contributed by atoms with Crippen LogP contribution in [0.4, 0.5) is 0 Å². The van der Waals surface area contributed by atoms with Crippen LogP contribution >= 0.6 is 0 Å². The summed E-state index contributed by atoms with van der Waals surface area (Å²) in [6.45, 7) is 4.33. The molecule has 0 unspecified atom stereocenters. The van der Waals surface area contributed by atoms with Gasteiger partial charge in [-0.25, -0.2) is 10.1 Å². The molecule has 33 heavy (non-hydrogen) atoms. The van der Waals surface area contributed by atoms with Gasteiger partial charge in [-0.1, -0.05) is 18.2 Å². The Bertz CT molecular complexity index is 1250. The van der Waals surface area contributed by atoms with Crippen LogP contribution in [0.25, 0.3) is 10.8 Å². The van der Waals surface area contributed by atoms with Crippen molar-refractivity contribution in [2.45, 2.75) is 20.4 Å². The number of amides is 2. The first kappa shape index (κ1) is 23.5. The quantitative estimate of drug-likeness (QED) is 0.377. The minimum atomic E-state index is -0.543. The van der Waals surface area contributed by atoms with Crippen molar-refractivity contribution in [3.8, 4) is 11.5 Å². The third kappa shape index (κ3) is 5.53. The molecule has 1 heterocycles. The summed E-state index contributed by atoms with van der Waals surface area (Å²) in [4.78, 5) is 36.7. The Morgan fingerprint density at radius 1 is 1.12 bits per heavy atom. The van der Waals surface area contributed by atoms with Gasteiger partial charge in [0.1, 0.15) is 0 Å². The number of likely N-dealkylation sites (N-methyl/N-ethyl adjacent to an activating group) is 1. The van der Waals surface area contributed by atoms with Crippen molar-refractivity contribution < 1.29 is 19.1 Å². The van der Waals surface area contributed by atoms with Gasteiger partial charge in [0.05, 0.1) is 18.7 Å². The van der Waals surface area contributed by atoms with Gasteiger partial charge in [-0.2, -0.15) is 10.2 Å². The van der Waals surface area contributed by atoms with Crippen LogP contribution in [0.1, 0.15) is 29.9 Å². The Morgan fingerprint density at radius 3 is 2.58 bits per heavy atom. The van der Waals surface area contributed by atoms with Crippen LogP contribution in [0.5, 0.6) is 11.5 Å². The summed E-state index contributed by atoms with van der Waals surface area (Å²) in [6, 6.07) is 11.8. The number of carbonyl (C=O) groups is 2. The largest absolute Gasteiger partial charge is 0.493 e. The van der Waals surface area contributed by atoms with E-state index in [1.54, 1.807) is 49.4 Å². The highest BCUT2D eigenvalue weighted by Gasteiger charge is 2.15. The second-order valence-corrected chi connectivity index (χ2v) is 6.87. The summed E-state index contributed by atoms with van der Waals surface area (Å²) >= 11 is 0. The molecule has 10 nitrogen and oxygen atoms in total. The maximum absolute atomic E-state index is 12.7. The van der Waals surface area contributed by atoms with Crippen molar-refractivity contribution in [2.75, 3.05) is 20.3 Å². The molecular formula is C23H25N5O5. The number of benzene rings is 2. The summed E-state index contributed by atoms with van der Waals surface area (Å²) in [6.07, 6.45) is 1.44. The van der Waals surface area contributed by atoms with E-state index in [-0.39, 0.29) is 23.8 Å². The Kier molecular flexibility index (Phi) is 7.74. The molecule has 0 saturated heterocycles. The molecule has 172 valence electrons. The van der Waals surface area contributed by atoms with E-state index in [9.17, 15) is 14.4 Å². The van der Waals surface area contributed by atoms with Crippen molar-refractivity contribution in [1.82, 2.24) is 20.5 Å². The predicted molar refractivity (Wildman–Crippen MR) is 124 cm³/mol. The summed E-state index contributed by atoms with van der Waals surface area (Å²) in [5.41, 5.74) is 2.93. The van der Waals surface area contributed by atoms with Gasteiger partial charge in [0, 0.05) is 18.5 Å². The van der Waals surface area contributed by atoms with Gasteiger partial charge in [0.15, 0.2) is 23.8 Å². The Labute approximate surface area is 190 Å². The number of aryl methyl sites for hydroxylation is 1. The van der Waals surface area contributed by atoms with E-state index in [1.165, 1.54) is 18.0 Å². The molecule has 1 aromatic heterocycles. The molecule has 10 heteroatoms. The molecule has 3 aromatic rings. The molecule has 0 radical (unpaired) electrons. The summed E-state index contributed by atoms with van der Waals surface area (Å²) < 4.78 is 12.0. The molecule has 3 rings (SSSR count). The fraction of sp³-hybridized carbons (Fsp3) is 0.261. The Hall–Kier alpha value is -4.21. The first-order valence-electron chi connectivity index (χ1n) is 10.4. The molecule has 0 spiro atoms. The maximum Gasteiger partial charge on any atom is 0.292 e. The lowest BCUT2D eigenvalue weighted by molar-refractivity contribution is -0.123. The fourth-order valence-corrected chi connectivity index (χ4v) is 3.11. The molecular weight excluding hydrogens is 426 g/mol. The predicted octanol–water partition coefficient (Wildman–Crippen LogP) is 1.70. The number of nitrogens with one attached hydrogen (secondary N) is 2. The Balaban J connectivity index is 1.75.